The quantitative estimate of drug-likeness (QED) is 0.444. The van der Waals surface area contributed by atoms with Crippen molar-refractivity contribution in [3.8, 4) is 0 Å². The van der Waals surface area contributed by atoms with E-state index in [0.29, 0.717) is 24.0 Å². The molecule has 3 atom stereocenters. The molecule has 0 spiro atoms. The van der Waals surface area contributed by atoms with Crippen molar-refractivity contribution < 1.29 is 4.74 Å². The largest absolute Gasteiger partial charge is 0.383 e. The number of ether oxygens (including phenoxy) is 1. The van der Waals surface area contributed by atoms with Gasteiger partial charge in [0.1, 0.15) is 0 Å². The summed E-state index contributed by atoms with van der Waals surface area (Å²) in [6.45, 7) is 12.6. The molecule has 0 saturated heterocycles. The first kappa shape index (κ1) is 22.3. The van der Waals surface area contributed by atoms with Crippen LogP contribution < -0.4 is 16.2 Å². The third-order valence-electron chi connectivity index (χ3n) is 4.62. The summed E-state index contributed by atoms with van der Waals surface area (Å²) >= 11 is 0. The number of nitrogens with one attached hydrogen (secondary N) is 3. The molecule has 0 aliphatic heterocycles. The van der Waals surface area contributed by atoms with Gasteiger partial charge in [0, 0.05) is 38.3 Å². The predicted octanol–water partition coefficient (Wildman–Crippen LogP) is 2.33. The van der Waals surface area contributed by atoms with Gasteiger partial charge in [-0.3, -0.25) is 10.9 Å². The molecule has 5 heteroatoms. The first-order chi connectivity index (χ1) is 11.9. The molecule has 3 N–H and O–H groups in total. The molecule has 0 aromatic heterocycles. The number of hydrogen-bond donors (Lipinski definition) is 3. The van der Waals surface area contributed by atoms with Gasteiger partial charge >= 0.3 is 0 Å². The molecule has 0 fully saturated rings. The third kappa shape index (κ3) is 10.1. The lowest BCUT2D eigenvalue weighted by Gasteiger charge is -2.30. The molecule has 0 aromatic rings. The van der Waals surface area contributed by atoms with Gasteiger partial charge in [-0.15, -0.1) is 0 Å². The van der Waals surface area contributed by atoms with Gasteiger partial charge in [-0.1, -0.05) is 37.6 Å². The van der Waals surface area contributed by atoms with Crippen molar-refractivity contribution in [3.63, 3.8) is 0 Å². The SMILES string of the molecule is COCCN(C)C[C@@H](C)NNC(CCNC(C)C)C1C=CC(C)=CC1. The van der Waals surface area contributed by atoms with E-state index in [1.807, 2.05) is 0 Å². The number of allylic oxidation sites excluding steroid dienone is 3. The van der Waals surface area contributed by atoms with Crippen molar-refractivity contribution in [2.24, 2.45) is 5.92 Å². The van der Waals surface area contributed by atoms with Crippen LogP contribution >= 0.6 is 0 Å². The minimum atomic E-state index is 0.382. The van der Waals surface area contributed by atoms with Crippen molar-refractivity contribution in [1.29, 1.82) is 0 Å². The van der Waals surface area contributed by atoms with E-state index in [9.17, 15) is 0 Å². The van der Waals surface area contributed by atoms with E-state index in [4.69, 9.17) is 4.74 Å². The lowest BCUT2D eigenvalue weighted by Crippen LogP contribution is -2.52. The van der Waals surface area contributed by atoms with Crippen LogP contribution in [0.15, 0.2) is 23.8 Å². The van der Waals surface area contributed by atoms with E-state index < -0.39 is 0 Å². The monoisotopic (exact) mass is 352 g/mol. The number of rotatable bonds is 13. The van der Waals surface area contributed by atoms with Crippen molar-refractivity contribution >= 4 is 0 Å². The normalized spacial score (nSPS) is 20.2. The number of hydrogen-bond acceptors (Lipinski definition) is 5. The van der Waals surface area contributed by atoms with Gasteiger partial charge < -0.3 is 15.0 Å². The number of nitrogens with zero attached hydrogens (tertiary/aromatic N) is 1. The molecule has 0 aromatic carbocycles. The van der Waals surface area contributed by atoms with Crippen molar-refractivity contribution in [2.45, 2.75) is 58.7 Å². The van der Waals surface area contributed by atoms with Gasteiger partial charge in [0.15, 0.2) is 0 Å². The van der Waals surface area contributed by atoms with E-state index in [1.54, 1.807) is 7.11 Å². The van der Waals surface area contributed by atoms with Crippen LogP contribution in [-0.4, -0.2) is 63.4 Å². The topological polar surface area (TPSA) is 48.6 Å². The minimum absolute atomic E-state index is 0.382. The maximum Gasteiger partial charge on any atom is 0.0589 e. The summed E-state index contributed by atoms with van der Waals surface area (Å²) in [6.07, 6.45) is 9.18. The molecule has 2 unspecified atom stereocenters. The summed E-state index contributed by atoms with van der Waals surface area (Å²) in [5.74, 6) is 0.545. The van der Waals surface area contributed by atoms with Crippen LogP contribution in [0.25, 0.3) is 0 Å². The highest BCUT2D eigenvalue weighted by atomic mass is 16.5. The Kier molecular flexibility index (Phi) is 11.3. The van der Waals surface area contributed by atoms with Crippen LogP contribution in [0.2, 0.25) is 0 Å². The predicted molar refractivity (Wildman–Crippen MR) is 108 cm³/mol. The molecule has 25 heavy (non-hydrogen) atoms. The fourth-order valence-corrected chi connectivity index (χ4v) is 3.06. The zero-order valence-corrected chi connectivity index (χ0v) is 17.1. The van der Waals surface area contributed by atoms with Crippen LogP contribution in [0.1, 0.15) is 40.5 Å². The second-order valence-electron chi connectivity index (χ2n) is 7.66. The molecule has 0 saturated carbocycles. The highest BCUT2D eigenvalue weighted by Crippen LogP contribution is 2.21. The van der Waals surface area contributed by atoms with Crippen molar-refractivity contribution in [2.75, 3.05) is 40.4 Å². The third-order valence-corrected chi connectivity index (χ3v) is 4.62. The van der Waals surface area contributed by atoms with Crippen LogP contribution in [0.3, 0.4) is 0 Å². The Morgan fingerprint density at radius 1 is 1.28 bits per heavy atom. The molecule has 5 nitrogen and oxygen atoms in total. The second kappa shape index (κ2) is 12.6. The van der Waals surface area contributed by atoms with Gasteiger partial charge in [0.05, 0.1) is 6.61 Å². The molecular weight excluding hydrogens is 312 g/mol. The van der Waals surface area contributed by atoms with E-state index in [-0.39, 0.29) is 0 Å². The molecule has 1 aliphatic carbocycles. The molecule has 146 valence electrons. The zero-order valence-electron chi connectivity index (χ0n) is 17.1. The van der Waals surface area contributed by atoms with Gasteiger partial charge in [-0.25, -0.2) is 0 Å². The number of hydrazine groups is 1. The van der Waals surface area contributed by atoms with E-state index >= 15 is 0 Å². The van der Waals surface area contributed by atoms with Gasteiger partial charge in [-0.2, -0.15) is 0 Å². The summed E-state index contributed by atoms with van der Waals surface area (Å²) in [6, 6.07) is 1.34. The van der Waals surface area contributed by atoms with Crippen LogP contribution in [0, 0.1) is 5.92 Å². The molecule has 1 rings (SSSR count). The summed E-state index contributed by atoms with van der Waals surface area (Å²) in [5, 5.41) is 3.54. The molecule has 0 heterocycles. The van der Waals surface area contributed by atoms with E-state index in [2.05, 4.69) is 74.0 Å². The fraction of sp³-hybridized carbons (Fsp3) is 0.800. The van der Waals surface area contributed by atoms with Crippen LogP contribution in [0.4, 0.5) is 0 Å². The van der Waals surface area contributed by atoms with Crippen molar-refractivity contribution in [1.82, 2.24) is 21.1 Å². The summed E-state index contributed by atoms with van der Waals surface area (Å²) in [4.78, 5) is 2.30. The van der Waals surface area contributed by atoms with E-state index in [1.165, 1.54) is 5.57 Å². The average Bonchev–Trinajstić information content (AvgIpc) is 2.56. The highest BCUT2D eigenvalue weighted by molar-refractivity contribution is 5.22. The van der Waals surface area contributed by atoms with Gasteiger partial charge in [0.2, 0.25) is 0 Å². The number of likely N-dealkylation sites (N-methyl/N-ethyl adjacent to an activating group) is 1. The van der Waals surface area contributed by atoms with Crippen molar-refractivity contribution in [3.05, 3.63) is 23.8 Å². The Morgan fingerprint density at radius 2 is 2.04 bits per heavy atom. The summed E-state index contributed by atoms with van der Waals surface area (Å²) < 4.78 is 5.15. The second-order valence-corrected chi connectivity index (χ2v) is 7.66. The molecule has 1 aliphatic rings. The minimum Gasteiger partial charge on any atom is -0.383 e. The maximum absolute atomic E-state index is 5.15. The Bertz CT molecular complexity index is 409. The first-order valence-corrected chi connectivity index (χ1v) is 9.69. The zero-order chi connectivity index (χ0) is 18.7. The average molecular weight is 353 g/mol. The van der Waals surface area contributed by atoms with E-state index in [0.717, 1.165) is 39.1 Å². The molecule has 0 radical (unpaired) electrons. The lowest BCUT2D eigenvalue weighted by atomic mass is 9.89. The lowest BCUT2D eigenvalue weighted by molar-refractivity contribution is 0.153. The molecular formula is C20H40N4O. The first-order valence-electron chi connectivity index (χ1n) is 9.69. The Morgan fingerprint density at radius 3 is 2.64 bits per heavy atom. The Hall–Kier alpha value is -0.720. The summed E-state index contributed by atoms with van der Waals surface area (Å²) in [5.41, 5.74) is 8.50. The summed E-state index contributed by atoms with van der Waals surface area (Å²) in [7, 11) is 3.89. The van der Waals surface area contributed by atoms with Crippen LogP contribution in [-0.2, 0) is 4.74 Å². The van der Waals surface area contributed by atoms with Gasteiger partial charge in [-0.05, 0) is 46.2 Å². The molecule has 0 bridgehead atoms. The Balaban J connectivity index is 2.45. The van der Waals surface area contributed by atoms with Crippen LogP contribution in [0.5, 0.6) is 0 Å². The highest BCUT2D eigenvalue weighted by Gasteiger charge is 2.20. The number of methoxy groups -OCH3 is 1. The fourth-order valence-electron chi connectivity index (χ4n) is 3.06. The standard InChI is InChI=1S/C20H40N4O/c1-16(2)21-12-11-20(19-9-7-17(3)8-10-19)23-22-18(4)15-24(5)13-14-25-6/h7-9,16,18-23H,10-15H2,1-6H3/t18-,19?,20?/m1/s1. The van der Waals surface area contributed by atoms with Gasteiger partial charge in [0.25, 0.3) is 0 Å². The Labute approximate surface area is 155 Å². The molecule has 0 amide bonds. The maximum atomic E-state index is 5.15. The smallest absolute Gasteiger partial charge is 0.0589 e.